The number of fused-ring (bicyclic) bond motifs is 1. The highest BCUT2D eigenvalue weighted by atomic mass is 19.4. The van der Waals surface area contributed by atoms with Crippen LogP contribution in [0.25, 0.3) is 0 Å². The standard InChI is InChI=1S/C15H12F3N3O3/c1-7-9(3-2-8(6-19)11(7)15(16,17)18)21-13(23)12-10(22)4-5-20(12)14(21)24/h2-3,10,12,22H,4-5H2,1H3/t10-,12+/m1/s1. The largest absolute Gasteiger partial charge is 0.418 e. The van der Waals surface area contributed by atoms with Crippen molar-refractivity contribution in [3.05, 3.63) is 28.8 Å². The molecule has 2 atom stereocenters. The Kier molecular flexibility index (Phi) is 3.53. The van der Waals surface area contributed by atoms with Gasteiger partial charge >= 0.3 is 12.2 Å². The highest BCUT2D eigenvalue weighted by Gasteiger charge is 2.53. The molecule has 0 unspecified atom stereocenters. The lowest BCUT2D eigenvalue weighted by Crippen LogP contribution is -2.37. The number of carbonyl (C=O) groups excluding carboxylic acids is 2. The summed E-state index contributed by atoms with van der Waals surface area (Å²) in [4.78, 5) is 26.6. The number of hydrogen-bond acceptors (Lipinski definition) is 4. The van der Waals surface area contributed by atoms with E-state index in [4.69, 9.17) is 5.26 Å². The molecule has 1 aromatic rings. The molecule has 6 nitrogen and oxygen atoms in total. The number of aliphatic hydroxyl groups excluding tert-OH is 1. The lowest BCUT2D eigenvalue weighted by atomic mass is 9.99. The van der Waals surface area contributed by atoms with Crippen molar-refractivity contribution in [2.45, 2.75) is 31.7 Å². The Morgan fingerprint density at radius 3 is 2.54 bits per heavy atom. The number of alkyl halides is 3. The van der Waals surface area contributed by atoms with Gasteiger partial charge in [0.25, 0.3) is 5.91 Å². The van der Waals surface area contributed by atoms with Gasteiger partial charge in [-0.05, 0) is 31.0 Å². The summed E-state index contributed by atoms with van der Waals surface area (Å²) in [5.41, 5.74) is -2.35. The molecule has 0 radical (unpaired) electrons. The van der Waals surface area contributed by atoms with Gasteiger partial charge in [-0.15, -0.1) is 0 Å². The molecule has 1 aromatic carbocycles. The van der Waals surface area contributed by atoms with Gasteiger partial charge in [0.2, 0.25) is 0 Å². The van der Waals surface area contributed by atoms with Crippen LogP contribution in [0.3, 0.4) is 0 Å². The van der Waals surface area contributed by atoms with Gasteiger partial charge in [0, 0.05) is 6.54 Å². The Hall–Kier alpha value is -2.60. The second-order valence-electron chi connectivity index (χ2n) is 5.69. The van der Waals surface area contributed by atoms with Crippen molar-refractivity contribution in [2.75, 3.05) is 11.4 Å². The van der Waals surface area contributed by atoms with Crippen LogP contribution in [0.5, 0.6) is 0 Å². The molecular formula is C15H12F3N3O3. The van der Waals surface area contributed by atoms with Crippen LogP contribution in [-0.2, 0) is 11.0 Å². The Morgan fingerprint density at radius 2 is 2.00 bits per heavy atom. The molecule has 0 saturated carbocycles. The summed E-state index contributed by atoms with van der Waals surface area (Å²) in [6.45, 7) is 1.27. The summed E-state index contributed by atoms with van der Waals surface area (Å²) in [5, 5.41) is 18.7. The molecule has 2 aliphatic heterocycles. The van der Waals surface area contributed by atoms with Gasteiger partial charge in [-0.3, -0.25) is 4.79 Å². The van der Waals surface area contributed by atoms with E-state index in [1.54, 1.807) is 0 Å². The molecule has 1 N–H and O–H groups in total. The van der Waals surface area contributed by atoms with Crippen LogP contribution >= 0.6 is 0 Å². The minimum absolute atomic E-state index is 0.161. The average Bonchev–Trinajstić information content (AvgIpc) is 2.99. The van der Waals surface area contributed by atoms with Gasteiger partial charge in [-0.2, -0.15) is 18.4 Å². The van der Waals surface area contributed by atoms with Crippen LogP contribution in [0, 0.1) is 18.3 Å². The van der Waals surface area contributed by atoms with Crippen molar-refractivity contribution < 1.29 is 27.9 Å². The molecule has 0 bridgehead atoms. The number of carbonyl (C=O) groups is 2. The molecule has 2 heterocycles. The minimum Gasteiger partial charge on any atom is -0.390 e. The van der Waals surface area contributed by atoms with Crippen LogP contribution in [0.1, 0.15) is 23.1 Å². The summed E-state index contributed by atoms with van der Waals surface area (Å²) < 4.78 is 39.8. The maximum absolute atomic E-state index is 13.3. The van der Waals surface area contributed by atoms with E-state index in [1.165, 1.54) is 6.07 Å². The number of amides is 3. The topological polar surface area (TPSA) is 84.6 Å². The fourth-order valence-corrected chi connectivity index (χ4v) is 3.27. The average molecular weight is 339 g/mol. The second kappa shape index (κ2) is 5.21. The zero-order chi connectivity index (χ0) is 17.8. The van der Waals surface area contributed by atoms with Crippen molar-refractivity contribution in [3.8, 4) is 6.07 Å². The first-order valence-electron chi connectivity index (χ1n) is 7.12. The zero-order valence-corrected chi connectivity index (χ0v) is 12.5. The van der Waals surface area contributed by atoms with Gasteiger partial charge in [0.15, 0.2) is 0 Å². The Labute approximate surface area is 134 Å². The molecule has 3 amide bonds. The molecular weight excluding hydrogens is 327 g/mol. The molecule has 24 heavy (non-hydrogen) atoms. The number of halogens is 3. The SMILES string of the molecule is Cc1c(N2C(=O)[C@@H]3[C@H](O)CCN3C2=O)ccc(C#N)c1C(F)(F)F. The summed E-state index contributed by atoms with van der Waals surface area (Å²) in [7, 11) is 0. The van der Waals surface area contributed by atoms with Gasteiger partial charge in [0.05, 0.1) is 29.0 Å². The lowest BCUT2D eigenvalue weighted by molar-refractivity contribution is -0.138. The van der Waals surface area contributed by atoms with Crippen molar-refractivity contribution in [1.29, 1.82) is 5.26 Å². The number of hydrogen-bond donors (Lipinski definition) is 1. The van der Waals surface area contributed by atoms with E-state index in [-0.39, 0.29) is 24.2 Å². The van der Waals surface area contributed by atoms with Crippen molar-refractivity contribution in [2.24, 2.45) is 0 Å². The number of nitrogens with zero attached hydrogens (tertiary/aromatic N) is 3. The molecule has 0 spiro atoms. The van der Waals surface area contributed by atoms with Crippen molar-refractivity contribution in [1.82, 2.24) is 4.90 Å². The summed E-state index contributed by atoms with van der Waals surface area (Å²) in [5.74, 6) is -0.758. The van der Waals surface area contributed by atoms with E-state index in [0.717, 1.165) is 24.0 Å². The predicted molar refractivity (Wildman–Crippen MR) is 74.9 cm³/mol. The highest BCUT2D eigenvalue weighted by Crippen LogP contribution is 2.40. The maximum Gasteiger partial charge on any atom is 0.418 e. The van der Waals surface area contributed by atoms with Crippen LogP contribution in [0.4, 0.5) is 23.7 Å². The second-order valence-corrected chi connectivity index (χ2v) is 5.69. The number of benzene rings is 1. The van der Waals surface area contributed by atoms with E-state index in [0.29, 0.717) is 4.90 Å². The molecule has 2 fully saturated rings. The number of aliphatic hydroxyl groups is 1. The third-order valence-electron chi connectivity index (χ3n) is 4.36. The molecule has 0 aliphatic carbocycles. The minimum atomic E-state index is -4.80. The fourth-order valence-electron chi connectivity index (χ4n) is 3.27. The smallest absolute Gasteiger partial charge is 0.390 e. The first kappa shape index (κ1) is 16.3. The molecule has 2 saturated heterocycles. The van der Waals surface area contributed by atoms with Crippen LogP contribution in [-0.4, -0.2) is 40.6 Å². The van der Waals surface area contributed by atoms with E-state index in [2.05, 4.69) is 0 Å². The Balaban J connectivity index is 2.13. The van der Waals surface area contributed by atoms with E-state index < -0.39 is 41.4 Å². The van der Waals surface area contributed by atoms with Crippen molar-refractivity contribution >= 4 is 17.6 Å². The monoisotopic (exact) mass is 339 g/mol. The Bertz CT molecular complexity index is 785. The summed E-state index contributed by atoms with van der Waals surface area (Å²) >= 11 is 0. The van der Waals surface area contributed by atoms with Gasteiger partial charge in [-0.1, -0.05) is 0 Å². The number of rotatable bonds is 1. The van der Waals surface area contributed by atoms with Crippen LogP contribution < -0.4 is 4.90 Å². The first-order valence-corrected chi connectivity index (χ1v) is 7.12. The predicted octanol–water partition coefficient (Wildman–Crippen LogP) is 1.79. The zero-order valence-electron chi connectivity index (χ0n) is 12.5. The fraction of sp³-hybridized carbons (Fsp3) is 0.400. The third-order valence-corrected chi connectivity index (χ3v) is 4.36. The van der Waals surface area contributed by atoms with Gasteiger partial charge < -0.3 is 10.0 Å². The molecule has 9 heteroatoms. The third kappa shape index (κ3) is 2.14. The number of anilines is 1. The van der Waals surface area contributed by atoms with E-state index >= 15 is 0 Å². The van der Waals surface area contributed by atoms with Gasteiger partial charge in [0.1, 0.15) is 6.04 Å². The summed E-state index contributed by atoms with van der Waals surface area (Å²) in [6.07, 6.45) is -5.59. The van der Waals surface area contributed by atoms with E-state index in [1.807, 2.05) is 0 Å². The number of nitriles is 1. The number of urea groups is 1. The normalized spacial score (nSPS) is 23.7. The molecule has 126 valence electrons. The Morgan fingerprint density at radius 1 is 1.33 bits per heavy atom. The van der Waals surface area contributed by atoms with Crippen LogP contribution in [0.2, 0.25) is 0 Å². The quantitative estimate of drug-likeness (QED) is 0.791. The molecule has 3 rings (SSSR count). The van der Waals surface area contributed by atoms with Gasteiger partial charge in [-0.25, -0.2) is 9.69 Å². The van der Waals surface area contributed by atoms with Crippen LogP contribution in [0.15, 0.2) is 12.1 Å². The maximum atomic E-state index is 13.3. The number of imide groups is 1. The van der Waals surface area contributed by atoms with E-state index in [9.17, 15) is 27.9 Å². The molecule has 2 aliphatic rings. The van der Waals surface area contributed by atoms with Crippen molar-refractivity contribution in [3.63, 3.8) is 0 Å². The first-order chi connectivity index (χ1) is 11.2. The lowest BCUT2D eigenvalue weighted by Gasteiger charge is -2.21. The highest BCUT2D eigenvalue weighted by molar-refractivity contribution is 6.22. The summed E-state index contributed by atoms with van der Waals surface area (Å²) in [6, 6.07) is 1.72. The molecule has 0 aromatic heterocycles.